The molecule has 0 aromatic heterocycles. The molecule has 0 atom stereocenters. The van der Waals surface area contributed by atoms with Crippen molar-refractivity contribution >= 4 is 54.4 Å². The van der Waals surface area contributed by atoms with Gasteiger partial charge in [-0.05, 0) is 101 Å². The SMILES string of the molecule is CCN1c2cc3c(cc2C(CS(=O)(=O)O)=CC1(C)C)C(=NCCCCCC(=O)O)c1cc2c(cc1C3(C)C)N(CC)C(C)(C)C=C2CS(=O)(=O)O. The highest BCUT2D eigenvalue weighted by molar-refractivity contribution is 7.86. The van der Waals surface area contributed by atoms with Crippen molar-refractivity contribution in [1.82, 2.24) is 0 Å². The van der Waals surface area contributed by atoms with Crippen molar-refractivity contribution in [3.05, 3.63) is 69.8 Å². The van der Waals surface area contributed by atoms with Crippen LogP contribution in [0.4, 0.5) is 11.4 Å². The van der Waals surface area contributed by atoms with Gasteiger partial charge >= 0.3 is 5.97 Å². The number of likely N-dealkylation sites (N-methyl/N-ethyl adjacent to an activating group) is 2. The molecule has 0 saturated heterocycles. The van der Waals surface area contributed by atoms with E-state index in [2.05, 4.69) is 49.6 Å². The Morgan fingerprint density at radius 2 is 1.12 bits per heavy atom. The molecule has 2 aromatic carbocycles. The lowest BCUT2D eigenvalue weighted by Crippen LogP contribution is -2.46. The predicted molar refractivity (Wildman–Crippen MR) is 205 cm³/mol. The van der Waals surface area contributed by atoms with E-state index in [9.17, 15) is 30.7 Å². The summed E-state index contributed by atoms with van der Waals surface area (Å²) < 4.78 is 69.2. The average molecular weight is 742 g/mol. The summed E-state index contributed by atoms with van der Waals surface area (Å²) in [6.45, 7) is 18.2. The van der Waals surface area contributed by atoms with E-state index in [0.29, 0.717) is 66.9 Å². The van der Waals surface area contributed by atoms with Crippen LogP contribution < -0.4 is 9.80 Å². The number of unbranched alkanes of at least 4 members (excludes halogenated alkanes) is 2. The van der Waals surface area contributed by atoms with Gasteiger partial charge in [0.05, 0.1) is 16.8 Å². The third kappa shape index (κ3) is 7.67. The smallest absolute Gasteiger partial charge is 0.303 e. The van der Waals surface area contributed by atoms with E-state index < -0.39 is 54.2 Å². The third-order valence-electron chi connectivity index (χ3n) is 10.5. The molecule has 13 heteroatoms. The second-order valence-corrected chi connectivity index (χ2v) is 18.4. The van der Waals surface area contributed by atoms with Crippen molar-refractivity contribution in [2.45, 2.75) is 97.6 Å². The molecular formula is C38H51N3O8S2. The van der Waals surface area contributed by atoms with Gasteiger partial charge in [-0.3, -0.25) is 18.9 Å². The summed E-state index contributed by atoms with van der Waals surface area (Å²) in [7, 11) is -8.73. The summed E-state index contributed by atoms with van der Waals surface area (Å²) in [5.41, 5.74) is 6.67. The normalized spacial score (nSPS) is 18.6. The van der Waals surface area contributed by atoms with E-state index in [1.165, 1.54) is 0 Å². The maximum absolute atomic E-state index is 12.3. The molecule has 2 aliphatic heterocycles. The van der Waals surface area contributed by atoms with Crippen LogP contribution in [0, 0.1) is 0 Å². The number of rotatable bonds is 12. The lowest BCUT2D eigenvalue weighted by molar-refractivity contribution is -0.137. The van der Waals surface area contributed by atoms with Crippen molar-refractivity contribution < 1.29 is 35.8 Å². The van der Waals surface area contributed by atoms with Crippen molar-refractivity contribution in [2.24, 2.45) is 4.99 Å². The fourth-order valence-electron chi connectivity index (χ4n) is 8.35. The molecule has 11 nitrogen and oxygen atoms in total. The van der Waals surface area contributed by atoms with Crippen LogP contribution in [-0.2, 0) is 30.4 Å². The monoisotopic (exact) mass is 741 g/mol. The maximum Gasteiger partial charge on any atom is 0.303 e. The lowest BCUT2D eigenvalue weighted by atomic mass is 9.66. The van der Waals surface area contributed by atoms with Crippen LogP contribution in [0.15, 0.2) is 41.4 Å². The molecule has 0 spiro atoms. The van der Waals surface area contributed by atoms with E-state index >= 15 is 0 Å². The van der Waals surface area contributed by atoms with E-state index in [1.807, 2.05) is 52.0 Å². The first-order valence-electron chi connectivity index (χ1n) is 17.5. The minimum atomic E-state index is -4.36. The molecule has 0 amide bonds. The van der Waals surface area contributed by atoms with Gasteiger partial charge in [0.15, 0.2) is 0 Å². The molecule has 2 heterocycles. The number of carbonyl (C=O) groups is 1. The van der Waals surface area contributed by atoms with Gasteiger partial charge in [-0.15, -0.1) is 0 Å². The zero-order valence-electron chi connectivity index (χ0n) is 30.9. The Balaban J connectivity index is 1.80. The fourth-order valence-corrected chi connectivity index (χ4v) is 9.62. The first-order valence-corrected chi connectivity index (χ1v) is 20.8. The van der Waals surface area contributed by atoms with Crippen LogP contribution >= 0.6 is 0 Å². The van der Waals surface area contributed by atoms with Crippen molar-refractivity contribution in [3.63, 3.8) is 0 Å². The molecular weight excluding hydrogens is 691 g/mol. The second-order valence-electron chi connectivity index (χ2n) is 15.5. The molecule has 5 rings (SSSR count). The number of aliphatic carboxylic acids is 1. The molecule has 0 radical (unpaired) electrons. The van der Waals surface area contributed by atoms with Crippen molar-refractivity contribution in [3.8, 4) is 0 Å². The molecule has 1 aliphatic carbocycles. The highest BCUT2D eigenvalue weighted by Crippen LogP contribution is 2.51. The number of hydrogen-bond acceptors (Lipinski definition) is 8. The number of carboxylic acid groups (broad SMARTS) is 1. The Morgan fingerprint density at radius 1 is 0.686 bits per heavy atom. The number of benzene rings is 2. The van der Waals surface area contributed by atoms with E-state index in [1.54, 1.807) is 0 Å². The maximum atomic E-state index is 12.3. The van der Waals surface area contributed by atoms with Gasteiger partial charge in [-0.2, -0.15) is 16.8 Å². The number of hydrogen-bond donors (Lipinski definition) is 3. The zero-order valence-corrected chi connectivity index (χ0v) is 32.5. The molecule has 3 N–H and O–H groups in total. The molecule has 3 aliphatic rings. The van der Waals surface area contributed by atoms with E-state index in [-0.39, 0.29) is 6.42 Å². The minimum Gasteiger partial charge on any atom is -0.481 e. The summed E-state index contributed by atoms with van der Waals surface area (Å²) in [4.78, 5) is 20.7. The summed E-state index contributed by atoms with van der Waals surface area (Å²) in [5, 5.41) is 9.11. The number of nitrogens with zero attached hydrogens (tertiary/aromatic N) is 3. The van der Waals surface area contributed by atoms with Gasteiger partial charge in [0.2, 0.25) is 0 Å². The standard InChI is InChI=1S/C38H51N3O8S2/c1-9-40-32-18-30-28(16-26(32)24(20-36(40,3)4)22-50(44,45)46)35(39-15-13-11-12-14-34(42)43)29-17-27-25(23-51(47,48)49)21-37(5,6)41(10-2)33(27)19-31(29)38(30,7)8/h16-21H,9-15,22-23H2,1-8H3,(H,42,43)(H,44,45,46)(H,47,48,49). The third-order valence-corrected chi connectivity index (χ3v) is 11.8. The quantitative estimate of drug-likeness (QED) is 0.160. The van der Waals surface area contributed by atoms with Crippen LogP contribution in [0.1, 0.15) is 114 Å². The van der Waals surface area contributed by atoms with Crippen LogP contribution in [0.3, 0.4) is 0 Å². The Bertz CT molecular complexity index is 1950. The summed E-state index contributed by atoms with van der Waals surface area (Å²) in [6, 6.07) is 8.21. The molecule has 0 bridgehead atoms. The van der Waals surface area contributed by atoms with Gasteiger partial charge < -0.3 is 14.9 Å². The van der Waals surface area contributed by atoms with Gasteiger partial charge in [0.1, 0.15) is 11.5 Å². The number of aliphatic imine (C=N–C) groups is 1. The number of carboxylic acids is 1. The highest BCUT2D eigenvalue weighted by atomic mass is 32.2. The van der Waals surface area contributed by atoms with Crippen LogP contribution in [0.2, 0.25) is 0 Å². The molecule has 0 fully saturated rings. The number of fused-ring (bicyclic) bond motifs is 4. The summed E-state index contributed by atoms with van der Waals surface area (Å²) in [6.07, 6.45) is 5.72. The first-order chi connectivity index (χ1) is 23.5. The molecule has 0 unspecified atom stereocenters. The van der Waals surface area contributed by atoms with Gasteiger partial charge in [-0.1, -0.05) is 32.4 Å². The lowest BCUT2D eigenvalue weighted by Gasteiger charge is -2.46. The van der Waals surface area contributed by atoms with Gasteiger partial charge in [0.25, 0.3) is 20.2 Å². The summed E-state index contributed by atoms with van der Waals surface area (Å²) >= 11 is 0. The van der Waals surface area contributed by atoms with E-state index in [4.69, 9.17) is 10.1 Å². The topological polar surface area (TPSA) is 165 Å². The molecule has 0 saturated carbocycles. The minimum absolute atomic E-state index is 0.0784. The number of anilines is 2. The molecule has 278 valence electrons. The van der Waals surface area contributed by atoms with Gasteiger partial charge in [-0.25, -0.2) is 0 Å². The van der Waals surface area contributed by atoms with Crippen molar-refractivity contribution in [2.75, 3.05) is 40.9 Å². The Morgan fingerprint density at radius 3 is 1.49 bits per heavy atom. The summed E-state index contributed by atoms with van der Waals surface area (Å²) in [5.74, 6) is -1.93. The Hall–Kier alpha value is -3.52. The van der Waals surface area contributed by atoms with Crippen LogP contribution in [-0.4, -0.2) is 84.9 Å². The van der Waals surface area contributed by atoms with Crippen molar-refractivity contribution in [1.29, 1.82) is 0 Å². The first kappa shape index (κ1) is 38.7. The second kappa shape index (κ2) is 13.5. The fraction of sp³-hybridized carbons (Fsp3) is 0.526. The van der Waals surface area contributed by atoms with E-state index in [0.717, 1.165) is 33.6 Å². The highest BCUT2D eigenvalue weighted by Gasteiger charge is 2.42. The predicted octanol–water partition coefficient (Wildman–Crippen LogP) is 6.59. The van der Waals surface area contributed by atoms with Crippen LogP contribution in [0.5, 0.6) is 0 Å². The average Bonchev–Trinajstić information content (AvgIpc) is 2.97. The Labute approximate surface area is 302 Å². The van der Waals surface area contributed by atoms with Crippen LogP contribution in [0.25, 0.3) is 11.1 Å². The largest absolute Gasteiger partial charge is 0.481 e. The molecule has 2 aromatic rings. The Kier molecular flexibility index (Phi) is 10.2. The molecule has 51 heavy (non-hydrogen) atoms. The zero-order chi connectivity index (χ0) is 37.9. The van der Waals surface area contributed by atoms with Gasteiger partial charge in [0, 0.05) is 65.1 Å².